The smallest absolute Gasteiger partial charge is 0.395 e. The summed E-state index contributed by atoms with van der Waals surface area (Å²) < 4.78 is 10.5. The van der Waals surface area contributed by atoms with Crippen molar-refractivity contribution in [2.24, 2.45) is 0 Å². The maximum Gasteiger partial charge on any atom is 0.519 e. The molecule has 0 fully saturated rings. The molecule has 0 aliphatic heterocycles. The maximum atomic E-state index is 11.9. The normalized spacial score (nSPS) is 10.1. The third-order valence-electron chi connectivity index (χ3n) is 3.76. The number of benzene rings is 2. The first-order valence-corrected chi connectivity index (χ1v) is 7.84. The zero-order chi connectivity index (χ0) is 17.5. The van der Waals surface area contributed by atoms with Gasteiger partial charge >= 0.3 is 6.16 Å². The van der Waals surface area contributed by atoms with Gasteiger partial charge in [-0.25, -0.2) is 4.79 Å². The summed E-state index contributed by atoms with van der Waals surface area (Å²) in [6.07, 6.45) is 4.51. The van der Waals surface area contributed by atoms with Crippen molar-refractivity contribution >= 4 is 6.16 Å². The molecule has 0 radical (unpaired) electrons. The second kappa shape index (κ2) is 8.16. The number of hydrogen-bond acceptors (Lipinski definition) is 3. The van der Waals surface area contributed by atoms with Crippen LogP contribution in [0.1, 0.15) is 22.3 Å². The molecule has 0 amide bonds. The number of carbonyl (C=O) groups excluding carboxylic acids is 1. The van der Waals surface area contributed by atoms with Gasteiger partial charge in [0.1, 0.15) is 11.5 Å². The zero-order valence-corrected chi connectivity index (χ0v) is 14.2. The Morgan fingerprint density at radius 1 is 0.875 bits per heavy atom. The monoisotopic (exact) mass is 322 g/mol. The van der Waals surface area contributed by atoms with Crippen LogP contribution in [0.3, 0.4) is 0 Å². The average molecular weight is 322 g/mol. The molecule has 2 rings (SSSR count). The summed E-state index contributed by atoms with van der Waals surface area (Å²) in [6.45, 7) is 11.4. The third-order valence-corrected chi connectivity index (χ3v) is 3.76. The predicted octanol–water partition coefficient (Wildman–Crippen LogP) is 5.34. The van der Waals surface area contributed by atoms with Crippen LogP contribution in [0, 0.1) is 13.8 Å². The van der Waals surface area contributed by atoms with Gasteiger partial charge in [0.05, 0.1) is 0 Å². The molecule has 0 aliphatic rings. The van der Waals surface area contributed by atoms with E-state index in [4.69, 9.17) is 9.47 Å². The molecule has 0 bridgehead atoms. The Hall–Kier alpha value is -2.81. The second-order valence-corrected chi connectivity index (χ2v) is 5.62. The van der Waals surface area contributed by atoms with Crippen molar-refractivity contribution in [2.75, 3.05) is 0 Å². The van der Waals surface area contributed by atoms with Crippen LogP contribution >= 0.6 is 0 Å². The molecule has 0 saturated carbocycles. The lowest BCUT2D eigenvalue weighted by atomic mass is 10.1. The first-order valence-electron chi connectivity index (χ1n) is 7.84. The van der Waals surface area contributed by atoms with Crippen molar-refractivity contribution in [3.63, 3.8) is 0 Å². The average Bonchev–Trinajstić information content (AvgIpc) is 2.53. The van der Waals surface area contributed by atoms with Crippen LogP contribution < -0.4 is 9.47 Å². The largest absolute Gasteiger partial charge is 0.519 e. The van der Waals surface area contributed by atoms with Crippen LogP contribution in [0.2, 0.25) is 0 Å². The van der Waals surface area contributed by atoms with Gasteiger partial charge < -0.3 is 9.47 Å². The van der Waals surface area contributed by atoms with Gasteiger partial charge in [-0.05, 0) is 73.2 Å². The third kappa shape index (κ3) is 4.59. The molecule has 2 aromatic rings. The lowest BCUT2D eigenvalue weighted by Gasteiger charge is -2.10. The quantitative estimate of drug-likeness (QED) is 0.409. The molecule has 0 unspecified atom stereocenters. The van der Waals surface area contributed by atoms with Crippen LogP contribution in [-0.2, 0) is 12.8 Å². The molecule has 124 valence electrons. The Labute approximate surface area is 143 Å². The minimum Gasteiger partial charge on any atom is -0.395 e. The summed E-state index contributed by atoms with van der Waals surface area (Å²) in [5, 5.41) is 0. The number of rotatable bonds is 6. The SMILES string of the molecule is C=CCc1ccc(OC(=O)Oc2ccc(CC=C)c(C)c2)cc1C. The standard InChI is InChI=1S/C21H22O3/c1-5-7-17-9-11-19(13-15(17)3)23-21(22)24-20-12-10-18(8-6-2)16(4)14-20/h5-6,9-14H,1-2,7-8H2,3-4H3. The molecule has 0 saturated heterocycles. The van der Waals surface area contributed by atoms with Crippen molar-refractivity contribution in [3.05, 3.63) is 84.0 Å². The van der Waals surface area contributed by atoms with Crippen molar-refractivity contribution in [2.45, 2.75) is 26.7 Å². The van der Waals surface area contributed by atoms with E-state index in [1.807, 2.05) is 50.3 Å². The highest BCUT2D eigenvalue weighted by Crippen LogP contribution is 2.21. The highest BCUT2D eigenvalue weighted by atomic mass is 16.7. The molecule has 0 atom stereocenters. The molecular formula is C21H22O3. The minimum atomic E-state index is -0.748. The van der Waals surface area contributed by atoms with Gasteiger partial charge in [-0.1, -0.05) is 24.3 Å². The molecule has 0 N–H and O–H groups in total. The van der Waals surface area contributed by atoms with Crippen molar-refractivity contribution in [1.82, 2.24) is 0 Å². The van der Waals surface area contributed by atoms with Crippen LogP contribution in [0.5, 0.6) is 11.5 Å². The van der Waals surface area contributed by atoms with Gasteiger partial charge in [0.25, 0.3) is 0 Å². The zero-order valence-electron chi connectivity index (χ0n) is 14.2. The molecule has 2 aromatic carbocycles. The maximum absolute atomic E-state index is 11.9. The fraction of sp³-hybridized carbons (Fsp3) is 0.190. The fourth-order valence-electron chi connectivity index (χ4n) is 2.45. The molecule has 0 heterocycles. The number of carbonyl (C=O) groups is 1. The summed E-state index contributed by atoms with van der Waals surface area (Å²) >= 11 is 0. The highest BCUT2D eigenvalue weighted by molar-refractivity contribution is 5.67. The van der Waals surface area contributed by atoms with Gasteiger partial charge in [-0.3, -0.25) is 0 Å². The summed E-state index contributed by atoms with van der Waals surface area (Å²) in [4.78, 5) is 11.9. The van der Waals surface area contributed by atoms with Gasteiger partial charge in [-0.2, -0.15) is 0 Å². The first kappa shape index (κ1) is 17.5. The number of aryl methyl sites for hydroxylation is 2. The molecular weight excluding hydrogens is 300 g/mol. The van der Waals surface area contributed by atoms with Crippen molar-refractivity contribution in [1.29, 1.82) is 0 Å². The summed E-state index contributed by atoms with van der Waals surface area (Å²) in [5.74, 6) is 0.927. The predicted molar refractivity (Wildman–Crippen MR) is 96.8 cm³/mol. The van der Waals surface area contributed by atoms with E-state index in [0.29, 0.717) is 11.5 Å². The van der Waals surface area contributed by atoms with Gasteiger partial charge in [0.15, 0.2) is 0 Å². The Morgan fingerprint density at radius 3 is 1.62 bits per heavy atom. The van der Waals surface area contributed by atoms with Crippen LogP contribution in [-0.4, -0.2) is 6.16 Å². The lowest BCUT2D eigenvalue weighted by molar-refractivity contribution is 0.152. The van der Waals surface area contributed by atoms with Crippen LogP contribution in [0.4, 0.5) is 4.79 Å². The van der Waals surface area contributed by atoms with Crippen molar-refractivity contribution < 1.29 is 14.3 Å². The van der Waals surface area contributed by atoms with E-state index < -0.39 is 6.16 Å². The molecule has 0 aliphatic carbocycles. The summed E-state index contributed by atoms with van der Waals surface area (Å²) in [7, 11) is 0. The lowest BCUT2D eigenvalue weighted by Crippen LogP contribution is -2.14. The molecule has 3 nitrogen and oxygen atoms in total. The van der Waals surface area contributed by atoms with Crippen LogP contribution in [0.15, 0.2) is 61.7 Å². The minimum absolute atomic E-state index is 0.463. The fourth-order valence-corrected chi connectivity index (χ4v) is 2.45. The summed E-state index contributed by atoms with van der Waals surface area (Å²) in [5.41, 5.74) is 4.40. The van der Waals surface area contributed by atoms with E-state index in [0.717, 1.165) is 35.1 Å². The van der Waals surface area contributed by atoms with Gasteiger partial charge in [0, 0.05) is 0 Å². The Morgan fingerprint density at radius 2 is 1.29 bits per heavy atom. The Kier molecular flexibility index (Phi) is 5.96. The number of allylic oxidation sites excluding steroid dienone is 2. The Balaban J connectivity index is 2.03. The van der Waals surface area contributed by atoms with E-state index in [1.54, 1.807) is 12.1 Å². The molecule has 24 heavy (non-hydrogen) atoms. The van der Waals surface area contributed by atoms with E-state index in [-0.39, 0.29) is 0 Å². The second-order valence-electron chi connectivity index (χ2n) is 5.62. The topological polar surface area (TPSA) is 35.5 Å². The molecule has 0 spiro atoms. The van der Waals surface area contributed by atoms with E-state index in [1.165, 1.54) is 0 Å². The molecule has 0 aromatic heterocycles. The number of hydrogen-bond donors (Lipinski definition) is 0. The molecule has 3 heteroatoms. The van der Waals surface area contributed by atoms with Gasteiger partial charge in [-0.15, -0.1) is 13.2 Å². The van der Waals surface area contributed by atoms with E-state index >= 15 is 0 Å². The van der Waals surface area contributed by atoms with Crippen LogP contribution in [0.25, 0.3) is 0 Å². The number of ether oxygens (including phenoxy) is 2. The highest BCUT2D eigenvalue weighted by Gasteiger charge is 2.10. The summed E-state index contributed by atoms with van der Waals surface area (Å²) in [6, 6.07) is 11.0. The van der Waals surface area contributed by atoms with E-state index in [9.17, 15) is 4.79 Å². The first-order chi connectivity index (χ1) is 11.5. The van der Waals surface area contributed by atoms with E-state index in [2.05, 4.69) is 13.2 Å². The van der Waals surface area contributed by atoms with Gasteiger partial charge in [0.2, 0.25) is 0 Å². The Bertz CT molecular complexity index is 696. The van der Waals surface area contributed by atoms with Crippen molar-refractivity contribution in [3.8, 4) is 11.5 Å².